The number of thiol groups is 1. The lowest BCUT2D eigenvalue weighted by molar-refractivity contribution is -0.137. The normalized spacial score (nSPS) is 11.5. The molecule has 0 fully saturated rings. The van der Waals surface area contributed by atoms with Crippen LogP contribution in [0.25, 0.3) is 0 Å². The molecule has 0 heterocycles. The molecular formula is C26H28N2O4S. The molecule has 0 aromatic heterocycles. The Morgan fingerprint density at radius 1 is 0.970 bits per heavy atom. The lowest BCUT2D eigenvalue weighted by Gasteiger charge is -2.26. The highest BCUT2D eigenvalue weighted by atomic mass is 32.1. The Labute approximate surface area is 199 Å². The van der Waals surface area contributed by atoms with Crippen LogP contribution in [0.5, 0.6) is 5.75 Å². The molecule has 0 aliphatic carbocycles. The van der Waals surface area contributed by atoms with Gasteiger partial charge >= 0.3 is 5.97 Å². The number of hydrogen-bond acceptors (Lipinski definition) is 5. The zero-order valence-corrected chi connectivity index (χ0v) is 19.2. The Morgan fingerprint density at radius 3 is 2.30 bits per heavy atom. The average molecular weight is 465 g/mol. The maximum Gasteiger partial charge on any atom is 0.323 e. The monoisotopic (exact) mass is 464 g/mol. The summed E-state index contributed by atoms with van der Waals surface area (Å²) in [7, 11) is 0. The fourth-order valence-corrected chi connectivity index (χ4v) is 3.84. The number of hydrogen-bond donors (Lipinski definition) is 3. The van der Waals surface area contributed by atoms with E-state index in [4.69, 9.17) is 10.5 Å². The van der Waals surface area contributed by atoms with Gasteiger partial charge in [0.15, 0.2) is 0 Å². The van der Waals surface area contributed by atoms with Gasteiger partial charge in [-0.25, -0.2) is 0 Å². The molecule has 0 saturated heterocycles. The lowest BCUT2D eigenvalue weighted by atomic mass is 9.99. The van der Waals surface area contributed by atoms with Crippen LogP contribution in [0.3, 0.4) is 0 Å². The molecule has 0 radical (unpaired) electrons. The molecule has 3 rings (SSSR count). The van der Waals surface area contributed by atoms with E-state index in [0.717, 1.165) is 17.5 Å². The maximum absolute atomic E-state index is 13.2. The Balaban J connectivity index is 1.68. The Bertz CT molecular complexity index is 1060. The van der Waals surface area contributed by atoms with Crippen molar-refractivity contribution in [2.45, 2.75) is 19.4 Å². The van der Waals surface area contributed by atoms with Crippen LogP contribution in [0.1, 0.15) is 17.5 Å². The third-order valence-corrected chi connectivity index (χ3v) is 5.70. The minimum atomic E-state index is -1.08. The Kier molecular flexibility index (Phi) is 8.78. The molecule has 3 N–H and O–H groups in total. The summed E-state index contributed by atoms with van der Waals surface area (Å²) in [5, 5.41) is 9.40. The van der Waals surface area contributed by atoms with Crippen molar-refractivity contribution in [2.75, 3.05) is 22.9 Å². The van der Waals surface area contributed by atoms with Gasteiger partial charge < -0.3 is 20.5 Å². The van der Waals surface area contributed by atoms with Gasteiger partial charge in [0.2, 0.25) is 5.91 Å². The third-order valence-electron chi connectivity index (χ3n) is 5.26. The SMILES string of the molecule is Nc1cccc(COc2ccc(N(CC(=O)O)C(=O)C(CS)CCc3ccccc3)cc2)c1. The predicted octanol–water partition coefficient (Wildman–Crippen LogP) is 4.44. The molecule has 0 bridgehead atoms. The van der Waals surface area contributed by atoms with Crippen LogP contribution in [-0.2, 0) is 22.6 Å². The highest BCUT2D eigenvalue weighted by molar-refractivity contribution is 7.80. The molecule has 1 amide bonds. The summed E-state index contributed by atoms with van der Waals surface area (Å²) in [6.45, 7) is -0.0681. The number of nitrogens with zero attached hydrogens (tertiary/aromatic N) is 1. The number of amides is 1. The number of carbonyl (C=O) groups excluding carboxylic acids is 1. The van der Waals surface area contributed by atoms with E-state index < -0.39 is 18.4 Å². The second-order valence-corrected chi connectivity index (χ2v) is 8.11. The fourth-order valence-electron chi connectivity index (χ4n) is 3.50. The Morgan fingerprint density at radius 2 is 1.67 bits per heavy atom. The molecular weight excluding hydrogens is 436 g/mol. The van der Waals surface area contributed by atoms with Crippen molar-refractivity contribution in [3.63, 3.8) is 0 Å². The highest BCUT2D eigenvalue weighted by Gasteiger charge is 2.26. The molecule has 0 saturated carbocycles. The van der Waals surface area contributed by atoms with E-state index in [1.807, 2.05) is 54.6 Å². The third kappa shape index (κ3) is 7.29. The lowest BCUT2D eigenvalue weighted by Crippen LogP contribution is -2.40. The van der Waals surface area contributed by atoms with Crippen LogP contribution >= 0.6 is 12.6 Å². The summed E-state index contributed by atoms with van der Waals surface area (Å²) in [6, 6.07) is 24.2. The summed E-state index contributed by atoms with van der Waals surface area (Å²) >= 11 is 4.36. The molecule has 0 spiro atoms. The van der Waals surface area contributed by atoms with Crippen molar-refractivity contribution in [3.05, 3.63) is 90.0 Å². The van der Waals surface area contributed by atoms with E-state index in [0.29, 0.717) is 35.9 Å². The first kappa shape index (κ1) is 24.2. The van der Waals surface area contributed by atoms with E-state index in [-0.39, 0.29) is 5.91 Å². The molecule has 1 unspecified atom stereocenters. The zero-order valence-electron chi connectivity index (χ0n) is 18.3. The molecule has 33 heavy (non-hydrogen) atoms. The van der Waals surface area contributed by atoms with Crippen molar-refractivity contribution >= 4 is 35.9 Å². The topological polar surface area (TPSA) is 92.9 Å². The van der Waals surface area contributed by atoms with Gasteiger partial charge in [-0.05, 0) is 60.4 Å². The molecule has 0 aliphatic heterocycles. The van der Waals surface area contributed by atoms with Gasteiger partial charge in [-0.1, -0.05) is 42.5 Å². The quantitative estimate of drug-likeness (QED) is 0.288. The fraction of sp³-hybridized carbons (Fsp3) is 0.231. The number of aryl methyl sites for hydroxylation is 1. The van der Waals surface area contributed by atoms with Crippen LogP contribution < -0.4 is 15.4 Å². The molecule has 1 atom stereocenters. The first-order valence-electron chi connectivity index (χ1n) is 10.7. The van der Waals surface area contributed by atoms with E-state index >= 15 is 0 Å². The number of carboxylic acids is 1. The number of anilines is 2. The Hall–Kier alpha value is -3.45. The van der Waals surface area contributed by atoms with Gasteiger partial charge in [0, 0.05) is 23.0 Å². The number of nitrogens with two attached hydrogens (primary N) is 1. The largest absolute Gasteiger partial charge is 0.489 e. The molecule has 0 aliphatic rings. The van der Waals surface area contributed by atoms with Crippen molar-refractivity contribution in [3.8, 4) is 5.75 Å². The van der Waals surface area contributed by atoms with Gasteiger partial charge in [-0.2, -0.15) is 12.6 Å². The number of ether oxygens (including phenoxy) is 1. The van der Waals surface area contributed by atoms with Crippen LogP contribution in [0.15, 0.2) is 78.9 Å². The standard InChI is InChI=1S/C26H28N2O4S/c27-22-8-4-7-20(15-22)17-32-24-13-11-23(12-14-24)28(16-25(29)30)26(31)21(18-33)10-9-19-5-2-1-3-6-19/h1-8,11-15,21,33H,9-10,16-18,27H2,(H,29,30). The minimum Gasteiger partial charge on any atom is -0.489 e. The van der Waals surface area contributed by atoms with Gasteiger partial charge in [-0.15, -0.1) is 0 Å². The number of carbonyl (C=O) groups is 2. The maximum atomic E-state index is 13.2. The van der Waals surface area contributed by atoms with Crippen LogP contribution in [0.4, 0.5) is 11.4 Å². The van der Waals surface area contributed by atoms with Gasteiger partial charge in [0.1, 0.15) is 18.9 Å². The van der Waals surface area contributed by atoms with Crippen LogP contribution in [-0.4, -0.2) is 29.3 Å². The molecule has 7 heteroatoms. The zero-order chi connectivity index (χ0) is 23.6. The number of rotatable bonds is 11. The van der Waals surface area contributed by atoms with E-state index in [9.17, 15) is 14.7 Å². The number of carboxylic acid groups (broad SMARTS) is 1. The summed E-state index contributed by atoms with van der Waals surface area (Å²) in [6.07, 6.45) is 1.30. The number of nitrogen functional groups attached to an aromatic ring is 1. The summed E-state index contributed by atoms with van der Waals surface area (Å²) in [4.78, 5) is 26.0. The molecule has 3 aromatic rings. The molecule has 3 aromatic carbocycles. The van der Waals surface area contributed by atoms with Crippen molar-refractivity contribution in [2.24, 2.45) is 5.92 Å². The second kappa shape index (κ2) is 12.0. The van der Waals surface area contributed by atoms with Gasteiger partial charge in [0.25, 0.3) is 0 Å². The second-order valence-electron chi connectivity index (χ2n) is 7.75. The van der Waals surface area contributed by atoms with Crippen LogP contribution in [0, 0.1) is 5.92 Å². The molecule has 172 valence electrons. The highest BCUT2D eigenvalue weighted by Crippen LogP contribution is 2.24. The van der Waals surface area contributed by atoms with E-state index in [1.54, 1.807) is 24.3 Å². The summed E-state index contributed by atoms with van der Waals surface area (Å²) in [5.74, 6) is -0.780. The first-order valence-corrected chi connectivity index (χ1v) is 11.3. The predicted molar refractivity (Wildman–Crippen MR) is 134 cm³/mol. The molecule has 6 nitrogen and oxygen atoms in total. The van der Waals surface area contributed by atoms with Crippen molar-refractivity contribution in [1.29, 1.82) is 0 Å². The van der Waals surface area contributed by atoms with E-state index in [2.05, 4.69) is 12.6 Å². The van der Waals surface area contributed by atoms with Crippen LogP contribution in [0.2, 0.25) is 0 Å². The van der Waals surface area contributed by atoms with Crippen molar-refractivity contribution in [1.82, 2.24) is 0 Å². The first-order chi connectivity index (χ1) is 16.0. The number of aliphatic carboxylic acids is 1. The van der Waals surface area contributed by atoms with Gasteiger partial charge in [-0.3, -0.25) is 9.59 Å². The smallest absolute Gasteiger partial charge is 0.323 e. The average Bonchev–Trinajstić information content (AvgIpc) is 2.82. The minimum absolute atomic E-state index is 0.253. The van der Waals surface area contributed by atoms with Crippen molar-refractivity contribution < 1.29 is 19.4 Å². The van der Waals surface area contributed by atoms with E-state index in [1.165, 1.54) is 4.90 Å². The van der Waals surface area contributed by atoms with Gasteiger partial charge in [0.05, 0.1) is 0 Å². The number of benzene rings is 3. The summed E-state index contributed by atoms with van der Waals surface area (Å²) in [5.41, 5.74) is 9.03. The summed E-state index contributed by atoms with van der Waals surface area (Å²) < 4.78 is 5.79.